The number of aromatic nitrogens is 2. The zero-order chi connectivity index (χ0) is 16.1. The van der Waals surface area contributed by atoms with Gasteiger partial charge in [-0.25, -0.2) is 9.97 Å². The van der Waals surface area contributed by atoms with Crippen LogP contribution in [0.3, 0.4) is 0 Å². The Hall–Kier alpha value is -3.28. The Labute approximate surface area is 133 Å². The van der Waals surface area contributed by atoms with Crippen LogP contribution in [0.15, 0.2) is 73.1 Å². The molecule has 0 radical (unpaired) electrons. The van der Waals surface area contributed by atoms with E-state index in [9.17, 15) is 10.1 Å². The molecule has 0 unspecified atom stereocenters. The number of benzene rings is 1. The van der Waals surface area contributed by atoms with Crippen molar-refractivity contribution in [3.8, 4) is 0 Å². The number of nitro groups is 1. The monoisotopic (exact) mass is 306 g/mol. The van der Waals surface area contributed by atoms with Crippen molar-refractivity contribution in [1.82, 2.24) is 9.97 Å². The third-order valence-corrected chi connectivity index (χ3v) is 3.37. The average molecular weight is 306 g/mol. The number of para-hydroxylation sites is 1. The number of nitro benzene ring substituents is 1. The standard InChI is InChI=1S/C17H14N4O2/c22-21(23)15-8-2-1-7-14(15)13-20(16-9-3-5-11-18-16)17-10-4-6-12-19-17/h1-12H,13H2. The third-order valence-electron chi connectivity index (χ3n) is 3.37. The fourth-order valence-corrected chi connectivity index (χ4v) is 2.30. The maximum atomic E-state index is 11.2. The molecule has 0 N–H and O–H groups in total. The first-order valence-electron chi connectivity index (χ1n) is 7.07. The summed E-state index contributed by atoms with van der Waals surface area (Å²) in [6.07, 6.45) is 3.37. The van der Waals surface area contributed by atoms with Gasteiger partial charge in [0.05, 0.1) is 11.5 Å². The lowest BCUT2D eigenvalue weighted by Gasteiger charge is -2.22. The number of pyridine rings is 2. The summed E-state index contributed by atoms with van der Waals surface area (Å²) in [4.78, 5) is 21.4. The Bertz CT molecular complexity index is 754. The highest BCUT2D eigenvalue weighted by molar-refractivity contribution is 5.57. The summed E-state index contributed by atoms with van der Waals surface area (Å²) in [5.41, 5.74) is 0.693. The molecule has 6 nitrogen and oxygen atoms in total. The Kier molecular flexibility index (Phi) is 4.24. The first-order valence-corrected chi connectivity index (χ1v) is 7.07. The lowest BCUT2D eigenvalue weighted by molar-refractivity contribution is -0.385. The van der Waals surface area contributed by atoms with E-state index < -0.39 is 0 Å². The quantitative estimate of drug-likeness (QED) is 0.530. The second-order valence-corrected chi connectivity index (χ2v) is 4.85. The van der Waals surface area contributed by atoms with Crippen LogP contribution in [-0.2, 0) is 6.54 Å². The van der Waals surface area contributed by atoms with E-state index in [2.05, 4.69) is 9.97 Å². The Morgan fingerprint density at radius 1 is 0.870 bits per heavy atom. The van der Waals surface area contributed by atoms with Crippen LogP contribution in [0.25, 0.3) is 0 Å². The summed E-state index contributed by atoms with van der Waals surface area (Å²) in [6.45, 7) is 0.311. The molecule has 3 rings (SSSR count). The molecular weight excluding hydrogens is 292 g/mol. The second kappa shape index (κ2) is 6.65. The minimum Gasteiger partial charge on any atom is -0.306 e. The molecule has 0 fully saturated rings. The second-order valence-electron chi connectivity index (χ2n) is 4.85. The van der Waals surface area contributed by atoms with E-state index in [1.165, 1.54) is 6.07 Å². The SMILES string of the molecule is O=[N+]([O-])c1ccccc1CN(c1ccccn1)c1ccccn1. The maximum Gasteiger partial charge on any atom is 0.274 e. The third kappa shape index (κ3) is 3.32. The summed E-state index contributed by atoms with van der Waals surface area (Å²) in [6, 6.07) is 17.8. The van der Waals surface area contributed by atoms with Gasteiger partial charge in [0.15, 0.2) is 0 Å². The summed E-state index contributed by atoms with van der Waals surface area (Å²) >= 11 is 0. The number of hydrogen-bond acceptors (Lipinski definition) is 5. The van der Waals surface area contributed by atoms with Crippen molar-refractivity contribution in [2.75, 3.05) is 4.90 Å². The van der Waals surface area contributed by atoms with E-state index in [1.807, 2.05) is 41.3 Å². The van der Waals surface area contributed by atoms with Gasteiger partial charge in [-0.15, -0.1) is 0 Å². The summed E-state index contributed by atoms with van der Waals surface area (Å²) in [7, 11) is 0. The van der Waals surface area contributed by atoms with Gasteiger partial charge in [0.25, 0.3) is 5.69 Å². The Morgan fingerprint density at radius 3 is 1.96 bits per heavy atom. The molecule has 0 aliphatic carbocycles. The minimum absolute atomic E-state index is 0.0874. The molecule has 1 aromatic carbocycles. The molecular formula is C17H14N4O2. The topological polar surface area (TPSA) is 72.2 Å². The van der Waals surface area contributed by atoms with E-state index in [-0.39, 0.29) is 10.6 Å². The summed E-state index contributed by atoms with van der Waals surface area (Å²) in [5.74, 6) is 1.37. The van der Waals surface area contributed by atoms with Crippen LogP contribution in [0, 0.1) is 10.1 Å². The molecule has 23 heavy (non-hydrogen) atoms. The molecule has 0 aliphatic rings. The minimum atomic E-state index is -0.371. The molecule has 0 spiro atoms. The van der Waals surface area contributed by atoms with E-state index in [0.29, 0.717) is 23.7 Å². The van der Waals surface area contributed by atoms with Crippen LogP contribution < -0.4 is 4.90 Å². The Balaban J connectivity index is 2.02. The van der Waals surface area contributed by atoms with Gasteiger partial charge >= 0.3 is 0 Å². The fraction of sp³-hybridized carbons (Fsp3) is 0.0588. The van der Waals surface area contributed by atoms with Gasteiger partial charge in [-0.05, 0) is 24.3 Å². The number of nitrogens with zero attached hydrogens (tertiary/aromatic N) is 4. The fourth-order valence-electron chi connectivity index (χ4n) is 2.30. The van der Waals surface area contributed by atoms with Crippen molar-refractivity contribution in [2.45, 2.75) is 6.54 Å². The Morgan fingerprint density at radius 2 is 1.43 bits per heavy atom. The lowest BCUT2D eigenvalue weighted by Crippen LogP contribution is -2.19. The molecule has 0 saturated heterocycles. The molecule has 2 aromatic heterocycles. The smallest absolute Gasteiger partial charge is 0.274 e. The zero-order valence-corrected chi connectivity index (χ0v) is 12.2. The number of rotatable bonds is 5. The van der Waals surface area contributed by atoms with Gasteiger partial charge in [-0.1, -0.05) is 30.3 Å². The predicted octanol–water partition coefficient (Wildman–Crippen LogP) is 3.72. The molecule has 0 saturated carbocycles. The molecule has 0 atom stereocenters. The summed E-state index contributed by atoms with van der Waals surface area (Å²) < 4.78 is 0. The van der Waals surface area contributed by atoms with Crippen LogP contribution >= 0.6 is 0 Å². The van der Waals surface area contributed by atoms with Gasteiger partial charge < -0.3 is 4.90 Å². The molecule has 6 heteroatoms. The van der Waals surface area contributed by atoms with E-state index in [0.717, 1.165) is 0 Å². The van der Waals surface area contributed by atoms with Crippen molar-refractivity contribution in [1.29, 1.82) is 0 Å². The van der Waals surface area contributed by atoms with E-state index in [4.69, 9.17) is 0 Å². The van der Waals surface area contributed by atoms with E-state index in [1.54, 1.807) is 30.6 Å². The number of anilines is 2. The van der Waals surface area contributed by atoms with Crippen molar-refractivity contribution in [2.24, 2.45) is 0 Å². The molecule has 0 bridgehead atoms. The molecule has 0 amide bonds. The van der Waals surface area contributed by atoms with Crippen LogP contribution in [0.4, 0.5) is 17.3 Å². The van der Waals surface area contributed by atoms with Crippen LogP contribution in [0.2, 0.25) is 0 Å². The van der Waals surface area contributed by atoms with Crippen LogP contribution in [-0.4, -0.2) is 14.9 Å². The zero-order valence-electron chi connectivity index (χ0n) is 12.2. The van der Waals surface area contributed by atoms with E-state index >= 15 is 0 Å². The van der Waals surface area contributed by atoms with Gasteiger partial charge in [-0.3, -0.25) is 10.1 Å². The first-order chi connectivity index (χ1) is 11.3. The van der Waals surface area contributed by atoms with Gasteiger partial charge in [0.2, 0.25) is 0 Å². The van der Waals surface area contributed by atoms with Crippen molar-refractivity contribution >= 4 is 17.3 Å². The highest BCUT2D eigenvalue weighted by Gasteiger charge is 2.18. The predicted molar refractivity (Wildman–Crippen MR) is 87.4 cm³/mol. The summed E-state index contributed by atoms with van der Waals surface area (Å²) in [5, 5.41) is 11.2. The van der Waals surface area contributed by atoms with Crippen LogP contribution in [0.5, 0.6) is 0 Å². The molecule has 0 aliphatic heterocycles. The van der Waals surface area contributed by atoms with Gasteiger partial charge in [0, 0.05) is 24.0 Å². The normalized spacial score (nSPS) is 10.3. The first kappa shape index (κ1) is 14.6. The van der Waals surface area contributed by atoms with Crippen molar-refractivity contribution in [3.05, 3.63) is 88.7 Å². The van der Waals surface area contributed by atoms with Crippen LogP contribution in [0.1, 0.15) is 5.56 Å². The van der Waals surface area contributed by atoms with Gasteiger partial charge in [0.1, 0.15) is 11.6 Å². The molecule has 114 valence electrons. The lowest BCUT2D eigenvalue weighted by atomic mass is 10.1. The molecule has 3 aromatic rings. The van der Waals surface area contributed by atoms with Gasteiger partial charge in [-0.2, -0.15) is 0 Å². The molecule has 2 heterocycles. The van der Waals surface area contributed by atoms with Crippen molar-refractivity contribution < 1.29 is 4.92 Å². The van der Waals surface area contributed by atoms with Crippen molar-refractivity contribution in [3.63, 3.8) is 0 Å². The average Bonchev–Trinajstić information content (AvgIpc) is 2.61. The largest absolute Gasteiger partial charge is 0.306 e. The maximum absolute atomic E-state index is 11.2. The highest BCUT2D eigenvalue weighted by Crippen LogP contribution is 2.27. The highest BCUT2D eigenvalue weighted by atomic mass is 16.6. The number of hydrogen-bond donors (Lipinski definition) is 0.